The van der Waals surface area contributed by atoms with E-state index in [1.807, 2.05) is 36.9 Å². The van der Waals surface area contributed by atoms with E-state index in [-0.39, 0.29) is 0 Å². The lowest BCUT2D eigenvalue weighted by Gasteiger charge is -2.08. The number of aromatic nitrogens is 3. The molecule has 2 N–H and O–H groups in total. The SMILES string of the molecule is Cc1cc(Sc2nc3ccccc3cc2CN)n(C)n1. The van der Waals surface area contributed by atoms with Gasteiger partial charge in [0.2, 0.25) is 0 Å². The molecule has 0 bridgehead atoms. The Morgan fingerprint density at radius 3 is 2.75 bits per heavy atom. The highest BCUT2D eigenvalue weighted by Gasteiger charge is 2.10. The second-order valence-corrected chi connectivity index (χ2v) is 5.71. The minimum absolute atomic E-state index is 0.483. The van der Waals surface area contributed by atoms with Crippen LogP contribution >= 0.6 is 11.8 Å². The van der Waals surface area contributed by atoms with Crippen LogP contribution in [0.2, 0.25) is 0 Å². The van der Waals surface area contributed by atoms with E-state index in [0.717, 1.165) is 32.2 Å². The summed E-state index contributed by atoms with van der Waals surface area (Å²) in [7, 11) is 1.94. The summed E-state index contributed by atoms with van der Waals surface area (Å²) in [5.41, 5.74) is 8.92. The van der Waals surface area contributed by atoms with Crippen molar-refractivity contribution in [2.45, 2.75) is 23.5 Å². The van der Waals surface area contributed by atoms with Gasteiger partial charge in [0.15, 0.2) is 0 Å². The van der Waals surface area contributed by atoms with Gasteiger partial charge in [-0.3, -0.25) is 4.68 Å². The first-order chi connectivity index (χ1) is 9.67. The molecule has 0 aliphatic heterocycles. The minimum Gasteiger partial charge on any atom is -0.326 e. The first-order valence-electron chi connectivity index (χ1n) is 6.44. The average Bonchev–Trinajstić information content (AvgIpc) is 2.76. The minimum atomic E-state index is 0.483. The lowest BCUT2D eigenvalue weighted by molar-refractivity contribution is 0.692. The largest absolute Gasteiger partial charge is 0.326 e. The number of benzene rings is 1. The third kappa shape index (κ3) is 2.42. The van der Waals surface area contributed by atoms with E-state index in [1.54, 1.807) is 11.8 Å². The molecule has 0 aliphatic rings. The molecule has 0 saturated carbocycles. The van der Waals surface area contributed by atoms with Crippen molar-refractivity contribution in [3.8, 4) is 0 Å². The van der Waals surface area contributed by atoms with Gasteiger partial charge in [-0.2, -0.15) is 5.10 Å². The van der Waals surface area contributed by atoms with E-state index in [4.69, 9.17) is 10.7 Å². The maximum Gasteiger partial charge on any atom is 0.107 e. The summed E-state index contributed by atoms with van der Waals surface area (Å²) in [6.45, 7) is 2.47. The Labute approximate surface area is 122 Å². The van der Waals surface area contributed by atoms with Gasteiger partial charge in [-0.05, 0) is 30.7 Å². The first-order valence-corrected chi connectivity index (χ1v) is 7.26. The van der Waals surface area contributed by atoms with E-state index in [1.165, 1.54) is 0 Å². The van der Waals surface area contributed by atoms with Crippen molar-refractivity contribution in [1.82, 2.24) is 14.8 Å². The summed E-state index contributed by atoms with van der Waals surface area (Å²) in [4.78, 5) is 4.73. The van der Waals surface area contributed by atoms with Gasteiger partial charge in [0.05, 0.1) is 11.2 Å². The fourth-order valence-corrected chi connectivity index (χ4v) is 3.18. The van der Waals surface area contributed by atoms with Crippen molar-refractivity contribution in [2.24, 2.45) is 12.8 Å². The molecular formula is C15H16N4S. The van der Waals surface area contributed by atoms with Crippen molar-refractivity contribution in [3.63, 3.8) is 0 Å². The molecule has 0 fully saturated rings. The van der Waals surface area contributed by atoms with Crippen LogP contribution < -0.4 is 5.73 Å². The number of nitrogens with two attached hydrogens (primary N) is 1. The van der Waals surface area contributed by atoms with Gasteiger partial charge in [-0.25, -0.2) is 4.98 Å². The first kappa shape index (κ1) is 13.1. The molecule has 20 heavy (non-hydrogen) atoms. The van der Waals surface area contributed by atoms with Crippen LogP contribution in [0.1, 0.15) is 11.3 Å². The van der Waals surface area contributed by atoms with E-state index < -0.39 is 0 Å². The molecule has 0 saturated heterocycles. The van der Waals surface area contributed by atoms with Gasteiger partial charge in [0.1, 0.15) is 10.1 Å². The second-order valence-electron chi connectivity index (χ2n) is 4.70. The molecule has 0 aliphatic carbocycles. The van der Waals surface area contributed by atoms with E-state index >= 15 is 0 Å². The Morgan fingerprint density at radius 2 is 2.05 bits per heavy atom. The molecule has 2 heterocycles. The van der Waals surface area contributed by atoms with Gasteiger partial charge in [-0.15, -0.1) is 0 Å². The second kappa shape index (κ2) is 5.26. The molecule has 0 spiro atoms. The molecule has 1 aromatic carbocycles. The number of rotatable bonds is 3. The molecule has 0 amide bonds. The number of fused-ring (bicyclic) bond motifs is 1. The van der Waals surface area contributed by atoms with Crippen LogP contribution in [0.15, 0.2) is 46.5 Å². The molecule has 5 heteroatoms. The zero-order valence-corrected chi connectivity index (χ0v) is 12.3. The Balaban J connectivity index is 2.07. The highest BCUT2D eigenvalue weighted by molar-refractivity contribution is 7.99. The number of para-hydroxylation sites is 1. The molecule has 3 aromatic rings. The zero-order valence-electron chi connectivity index (χ0n) is 11.5. The number of hydrogen-bond donors (Lipinski definition) is 1. The van der Waals surface area contributed by atoms with E-state index in [9.17, 15) is 0 Å². The van der Waals surface area contributed by atoms with Gasteiger partial charge in [-0.1, -0.05) is 30.0 Å². The lowest BCUT2D eigenvalue weighted by Crippen LogP contribution is -2.01. The predicted octanol–water partition coefficient (Wildman–Crippen LogP) is 2.89. The van der Waals surface area contributed by atoms with E-state index in [0.29, 0.717) is 6.54 Å². The topological polar surface area (TPSA) is 56.7 Å². The molecular weight excluding hydrogens is 268 g/mol. The molecule has 0 radical (unpaired) electrons. The van der Waals surface area contributed by atoms with Crippen molar-refractivity contribution < 1.29 is 0 Å². The van der Waals surface area contributed by atoms with Gasteiger partial charge >= 0.3 is 0 Å². The smallest absolute Gasteiger partial charge is 0.107 e. The van der Waals surface area contributed by atoms with Crippen molar-refractivity contribution >= 4 is 22.7 Å². The molecule has 3 rings (SSSR count). The third-order valence-corrected chi connectivity index (χ3v) is 4.28. The highest BCUT2D eigenvalue weighted by Crippen LogP contribution is 2.31. The number of nitrogens with zero attached hydrogens (tertiary/aromatic N) is 3. The average molecular weight is 284 g/mol. The van der Waals surface area contributed by atoms with Crippen LogP contribution in [-0.4, -0.2) is 14.8 Å². The van der Waals surface area contributed by atoms with Gasteiger partial charge < -0.3 is 5.73 Å². The fraction of sp³-hybridized carbons (Fsp3) is 0.200. The normalized spacial score (nSPS) is 11.2. The summed E-state index contributed by atoms with van der Waals surface area (Å²) in [6.07, 6.45) is 0. The summed E-state index contributed by atoms with van der Waals surface area (Å²) in [5.74, 6) is 0. The zero-order chi connectivity index (χ0) is 14.1. The Hall–Kier alpha value is -1.85. The van der Waals surface area contributed by atoms with Crippen LogP contribution in [0.4, 0.5) is 0 Å². The maximum atomic E-state index is 5.86. The molecule has 2 aromatic heterocycles. The summed E-state index contributed by atoms with van der Waals surface area (Å²) < 4.78 is 1.87. The number of hydrogen-bond acceptors (Lipinski definition) is 4. The molecule has 0 atom stereocenters. The number of aryl methyl sites for hydroxylation is 2. The van der Waals surface area contributed by atoms with Crippen LogP contribution in [0.25, 0.3) is 10.9 Å². The van der Waals surface area contributed by atoms with Crippen LogP contribution in [-0.2, 0) is 13.6 Å². The van der Waals surface area contributed by atoms with Gasteiger partial charge in [0.25, 0.3) is 0 Å². The summed E-state index contributed by atoms with van der Waals surface area (Å²) in [5, 5.41) is 7.51. The summed E-state index contributed by atoms with van der Waals surface area (Å²) in [6, 6.07) is 12.3. The highest BCUT2D eigenvalue weighted by atomic mass is 32.2. The number of pyridine rings is 1. The third-order valence-electron chi connectivity index (χ3n) is 3.14. The van der Waals surface area contributed by atoms with Crippen molar-refractivity contribution in [1.29, 1.82) is 0 Å². The fourth-order valence-electron chi connectivity index (χ4n) is 2.16. The van der Waals surface area contributed by atoms with Crippen LogP contribution in [0, 0.1) is 6.92 Å². The molecule has 0 unspecified atom stereocenters. The van der Waals surface area contributed by atoms with Gasteiger partial charge in [0, 0.05) is 19.0 Å². The Bertz CT molecular complexity index is 764. The lowest BCUT2D eigenvalue weighted by atomic mass is 10.1. The van der Waals surface area contributed by atoms with Crippen LogP contribution in [0.3, 0.4) is 0 Å². The van der Waals surface area contributed by atoms with Crippen molar-refractivity contribution in [2.75, 3.05) is 0 Å². The van der Waals surface area contributed by atoms with Crippen molar-refractivity contribution in [3.05, 3.63) is 47.7 Å². The maximum absolute atomic E-state index is 5.86. The predicted molar refractivity (Wildman–Crippen MR) is 81.7 cm³/mol. The standard InChI is InChI=1S/C15H16N4S/c1-10-7-14(19(2)18-10)20-15-12(9-16)8-11-5-3-4-6-13(11)17-15/h3-8H,9,16H2,1-2H3. The Kier molecular flexibility index (Phi) is 3.46. The summed E-state index contributed by atoms with van der Waals surface area (Å²) >= 11 is 1.61. The van der Waals surface area contributed by atoms with Crippen LogP contribution in [0.5, 0.6) is 0 Å². The molecule has 4 nitrogen and oxygen atoms in total. The van der Waals surface area contributed by atoms with E-state index in [2.05, 4.69) is 23.3 Å². The molecule has 102 valence electrons. The quantitative estimate of drug-likeness (QED) is 0.803. The Morgan fingerprint density at radius 1 is 1.25 bits per heavy atom. The monoisotopic (exact) mass is 284 g/mol.